The number of carboxylic acid groups (broad SMARTS) is 1. The van der Waals surface area contributed by atoms with Crippen molar-refractivity contribution < 1.29 is 9.90 Å². The molecule has 3 nitrogen and oxygen atoms in total. The van der Waals surface area contributed by atoms with Gasteiger partial charge in [0.1, 0.15) is 0 Å². The summed E-state index contributed by atoms with van der Waals surface area (Å²) in [6.45, 7) is 7.34. The molecule has 0 fully saturated rings. The van der Waals surface area contributed by atoms with Crippen LogP contribution >= 0.6 is 0 Å². The summed E-state index contributed by atoms with van der Waals surface area (Å²) in [6.07, 6.45) is 4.30. The van der Waals surface area contributed by atoms with Crippen molar-refractivity contribution in [1.29, 1.82) is 0 Å². The quantitative estimate of drug-likeness (QED) is 0.593. The third kappa shape index (κ3) is 4.61. The second kappa shape index (κ2) is 6.82. The van der Waals surface area contributed by atoms with Crippen molar-refractivity contribution in [2.45, 2.75) is 58.4 Å². The molecule has 0 rings (SSSR count). The largest absolute Gasteiger partial charge is 0.481 e. The molecule has 0 aliphatic rings. The molecule has 0 spiro atoms. The third-order valence-corrected chi connectivity index (χ3v) is 3.10. The van der Waals surface area contributed by atoms with Crippen LogP contribution in [-0.2, 0) is 4.79 Å². The molecule has 0 heterocycles. The number of hydrogen-bond acceptors (Lipinski definition) is 2. The number of hydrogen-bond donors (Lipinski definition) is 2. The Morgan fingerprint density at radius 2 is 1.71 bits per heavy atom. The second-order valence-corrected chi connectivity index (χ2v) is 3.77. The monoisotopic (exact) mass is 201 g/mol. The summed E-state index contributed by atoms with van der Waals surface area (Å²) in [5.74, 6) is -0.707. The SMILES string of the molecule is CCC(CC)(CC)NCCCC(=O)O. The van der Waals surface area contributed by atoms with E-state index in [2.05, 4.69) is 26.1 Å². The number of aliphatic carboxylic acids is 1. The van der Waals surface area contributed by atoms with E-state index in [1.807, 2.05) is 0 Å². The number of nitrogens with one attached hydrogen (secondary N) is 1. The lowest BCUT2D eigenvalue weighted by atomic mass is 9.90. The first kappa shape index (κ1) is 13.4. The Labute approximate surface area is 86.9 Å². The molecule has 0 aromatic heterocycles. The van der Waals surface area contributed by atoms with Gasteiger partial charge in [0, 0.05) is 12.0 Å². The van der Waals surface area contributed by atoms with E-state index in [9.17, 15) is 4.79 Å². The molecule has 0 aromatic rings. The smallest absolute Gasteiger partial charge is 0.303 e. The fourth-order valence-electron chi connectivity index (χ4n) is 1.72. The van der Waals surface area contributed by atoms with Crippen molar-refractivity contribution in [2.24, 2.45) is 0 Å². The molecule has 14 heavy (non-hydrogen) atoms. The number of carbonyl (C=O) groups is 1. The molecule has 0 aliphatic heterocycles. The minimum atomic E-state index is -0.707. The minimum Gasteiger partial charge on any atom is -0.481 e. The van der Waals surface area contributed by atoms with Gasteiger partial charge in [-0.25, -0.2) is 0 Å². The molecule has 0 atom stereocenters. The van der Waals surface area contributed by atoms with Gasteiger partial charge in [0.25, 0.3) is 0 Å². The zero-order valence-electron chi connectivity index (χ0n) is 9.60. The fourth-order valence-corrected chi connectivity index (χ4v) is 1.72. The minimum absolute atomic E-state index is 0.221. The first-order valence-electron chi connectivity index (χ1n) is 5.57. The molecule has 2 N–H and O–H groups in total. The van der Waals surface area contributed by atoms with Crippen LogP contribution in [0.3, 0.4) is 0 Å². The lowest BCUT2D eigenvalue weighted by molar-refractivity contribution is -0.137. The highest BCUT2D eigenvalue weighted by molar-refractivity contribution is 5.66. The average molecular weight is 201 g/mol. The van der Waals surface area contributed by atoms with E-state index in [1.54, 1.807) is 0 Å². The fraction of sp³-hybridized carbons (Fsp3) is 0.909. The second-order valence-electron chi connectivity index (χ2n) is 3.77. The van der Waals surface area contributed by atoms with Gasteiger partial charge in [-0.1, -0.05) is 20.8 Å². The van der Waals surface area contributed by atoms with Crippen LogP contribution in [0.25, 0.3) is 0 Å². The van der Waals surface area contributed by atoms with Crippen molar-refractivity contribution in [2.75, 3.05) is 6.54 Å². The molecule has 0 bridgehead atoms. The Kier molecular flexibility index (Phi) is 6.54. The maximum absolute atomic E-state index is 10.3. The van der Waals surface area contributed by atoms with Crippen LogP contribution in [0.2, 0.25) is 0 Å². The summed E-state index contributed by atoms with van der Waals surface area (Å²) in [4.78, 5) is 10.3. The summed E-state index contributed by atoms with van der Waals surface area (Å²) in [7, 11) is 0. The van der Waals surface area contributed by atoms with E-state index < -0.39 is 5.97 Å². The molecular weight excluding hydrogens is 178 g/mol. The molecule has 0 aromatic carbocycles. The van der Waals surface area contributed by atoms with Crippen LogP contribution in [0.5, 0.6) is 0 Å². The Bertz CT molecular complexity index is 156. The van der Waals surface area contributed by atoms with E-state index in [1.165, 1.54) is 0 Å². The van der Waals surface area contributed by atoms with Crippen LogP contribution in [0.4, 0.5) is 0 Å². The number of rotatable bonds is 8. The molecular formula is C11H23NO2. The van der Waals surface area contributed by atoms with E-state index in [0.717, 1.165) is 32.2 Å². The highest BCUT2D eigenvalue weighted by atomic mass is 16.4. The molecule has 0 saturated heterocycles. The van der Waals surface area contributed by atoms with Gasteiger partial charge in [0.05, 0.1) is 0 Å². The van der Waals surface area contributed by atoms with Crippen LogP contribution in [-0.4, -0.2) is 23.2 Å². The van der Waals surface area contributed by atoms with E-state index in [4.69, 9.17) is 5.11 Å². The predicted octanol–water partition coefficient (Wildman–Crippen LogP) is 2.41. The van der Waals surface area contributed by atoms with Gasteiger partial charge in [-0.05, 0) is 32.2 Å². The molecule has 84 valence electrons. The van der Waals surface area contributed by atoms with Crippen LogP contribution in [0, 0.1) is 0 Å². The molecule has 0 radical (unpaired) electrons. The maximum Gasteiger partial charge on any atom is 0.303 e. The molecule has 3 heteroatoms. The van der Waals surface area contributed by atoms with Crippen LogP contribution < -0.4 is 5.32 Å². The lowest BCUT2D eigenvalue weighted by Gasteiger charge is -2.32. The van der Waals surface area contributed by atoms with Gasteiger partial charge in [-0.3, -0.25) is 4.79 Å². The van der Waals surface area contributed by atoms with Crippen molar-refractivity contribution in [3.63, 3.8) is 0 Å². The van der Waals surface area contributed by atoms with Gasteiger partial charge < -0.3 is 10.4 Å². The molecule has 0 saturated carbocycles. The molecule has 0 amide bonds. The number of carboxylic acids is 1. The Morgan fingerprint density at radius 3 is 2.07 bits per heavy atom. The van der Waals surface area contributed by atoms with Crippen LogP contribution in [0.15, 0.2) is 0 Å². The van der Waals surface area contributed by atoms with E-state index >= 15 is 0 Å². The van der Waals surface area contributed by atoms with Gasteiger partial charge in [-0.2, -0.15) is 0 Å². The average Bonchev–Trinajstić information content (AvgIpc) is 2.19. The highest BCUT2D eigenvalue weighted by Crippen LogP contribution is 2.18. The maximum atomic E-state index is 10.3. The highest BCUT2D eigenvalue weighted by Gasteiger charge is 2.22. The zero-order chi connectivity index (χ0) is 11.0. The van der Waals surface area contributed by atoms with Gasteiger partial charge in [0.15, 0.2) is 0 Å². The summed E-state index contributed by atoms with van der Waals surface area (Å²) in [6, 6.07) is 0. The molecule has 0 aliphatic carbocycles. The van der Waals surface area contributed by atoms with E-state index in [0.29, 0.717) is 0 Å². The third-order valence-electron chi connectivity index (χ3n) is 3.10. The Hall–Kier alpha value is -0.570. The van der Waals surface area contributed by atoms with Gasteiger partial charge in [-0.15, -0.1) is 0 Å². The summed E-state index contributed by atoms with van der Waals surface area (Å²) < 4.78 is 0. The molecule has 0 unspecified atom stereocenters. The van der Waals surface area contributed by atoms with Crippen molar-refractivity contribution in [3.05, 3.63) is 0 Å². The lowest BCUT2D eigenvalue weighted by Crippen LogP contribution is -2.44. The predicted molar refractivity (Wildman–Crippen MR) is 58.5 cm³/mol. The summed E-state index contributed by atoms with van der Waals surface area (Å²) >= 11 is 0. The Morgan fingerprint density at radius 1 is 1.21 bits per heavy atom. The first-order valence-corrected chi connectivity index (χ1v) is 5.57. The van der Waals surface area contributed by atoms with Gasteiger partial charge in [0.2, 0.25) is 0 Å². The summed E-state index contributed by atoms with van der Waals surface area (Å²) in [5, 5.41) is 12.0. The first-order chi connectivity index (χ1) is 6.60. The summed E-state index contributed by atoms with van der Waals surface area (Å²) in [5.41, 5.74) is 0.221. The zero-order valence-corrected chi connectivity index (χ0v) is 9.60. The van der Waals surface area contributed by atoms with Crippen molar-refractivity contribution in [1.82, 2.24) is 5.32 Å². The normalized spacial score (nSPS) is 11.6. The topological polar surface area (TPSA) is 49.3 Å². The van der Waals surface area contributed by atoms with Crippen molar-refractivity contribution >= 4 is 5.97 Å². The van der Waals surface area contributed by atoms with Crippen molar-refractivity contribution in [3.8, 4) is 0 Å². The van der Waals surface area contributed by atoms with Crippen LogP contribution in [0.1, 0.15) is 52.9 Å². The standard InChI is InChI=1S/C11H23NO2/c1-4-11(5-2,6-3)12-9-7-8-10(13)14/h12H,4-9H2,1-3H3,(H,13,14). The van der Waals surface area contributed by atoms with Gasteiger partial charge >= 0.3 is 5.97 Å². The Balaban J connectivity index is 3.77. The van der Waals surface area contributed by atoms with E-state index in [-0.39, 0.29) is 12.0 Å².